The van der Waals surface area contributed by atoms with E-state index in [1.54, 1.807) is 6.07 Å². The molecule has 1 atom stereocenters. The highest BCUT2D eigenvalue weighted by molar-refractivity contribution is 7.89. The summed E-state index contributed by atoms with van der Waals surface area (Å²) in [7, 11) is -3.23. The summed E-state index contributed by atoms with van der Waals surface area (Å²) in [6.45, 7) is 3.92. The Morgan fingerprint density at radius 1 is 1.47 bits per heavy atom. The summed E-state index contributed by atoms with van der Waals surface area (Å²) in [6, 6.07) is 1.66. The van der Waals surface area contributed by atoms with Crippen molar-refractivity contribution in [3.63, 3.8) is 0 Å². The summed E-state index contributed by atoms with van der Waals surface area (Å²) in [6.07, 6.45) is 2.56. The first-order chi connectivity index (χ1) is 7.91. The third-order valence-electron chi connectivity index (χ3n) is 2.22. The SMILES string of the molecule is CC(C)CS(=O)(=O)NCCC(O)c1ccoc1. The van der Waals surface area contributed by atoms with Crippen molar-refractivity contribution in [2.75, 3.05) is 12.3 Å². The van der Waals surface area contributed by atoms with Gasteiger partial charge < -0.3 is 9.52 Å². The van der Waals surface area contributed by atoms with Crippen LogP contribution in [-0.4, -0.2) is 25.8 Å². The quantitative estimate of drug-likeness (QED) is 0.775. The summed E-state index contributed by atoms with van der Waals surface area (Å²) in [5.41, 5.74) is 0.660. The molecule has 0 aliphatic rings. The fourth-order valence-electron chi connectivity index (χ4n) is 1.48. The fraction of sp³-hybridized carbons (Fsp3) is 0.636. The van der Waals surface area contributed by atoms with Crippen LogP contribution in [0.15, 0.2) is 23.0 Å². The number of aliphatic hydroxyl groups excluding tert-OH is 1. The number of furan rings is 1. The summed E-state index contributed by atoms with van der Waals surface area (Å²) < 4.78 is 30.3. The zero-order chi connectivity index (χ0) is 12.9. The van der Waals surface area contributed by atoms with Crippen molar-refractivity contribution in [1.29, 1.82) is 0 Å². The van der Waals surface area contributed by atoms with E-state index in [0.29, 0.717) is 12.0 Å². The van der Waals surface area contributed by atoms with E-state index in [4.69, 9.17) is 4.42 Å². The van der Waals surface area contributed by atoms with Crippen molar-refractivity contribution in [2.45, 2.75) is 26.4 Å². The average molecular weight is 261 g/mol. The Morgan fingerprint density at radius 3 is 2.71 bits per heavy atom. The molecule has 0 aliphatic carbocycles. The summed E-state index contributed by atoms with van der Waals surface area (Å²) >= 11 is 0. The third-order valence-corrected chi connectivity index (χ3v) is 3.97. The Labute approximate surface area is 102 Å². The molecule has 1 rings (SSSR count). The molecule has 6 heteroatoms. The van der Waals surface area contributed by atoms with E-state index in [1.165, 1.54) is 12.5 Å². The van der Waals surface area contributed by atoms with Crippen LogP contribution < -0.4 is 4.72 Å². The smallest absolute Gasteiger partial charge is 0.211 e. The van der Waals surface area contributed by atoms with Crippen molar-refractivity contribution in [3.8, 4) is 0 Å². The van der Waals surface area contributed by atoms with E-state index in [1.807, 2.05) is 13.8 Å². The van der Waals surface area contributed by atoms with Crippen LogP contribution in [0.3, 0.4) is 0 Å². The topological polar surface area (TPSA) is 79.5 Å². The molecule has 0 aromatic carbocycles. The Balaban J connectivity index is 2.33. The molecule has 0 fully saturated rings. The summed E-state index contributed by atoms with van der Waals surface area (Å²) in [4.78, 5) is 0. The van der Waals surface area contributed by atoms with Crippen molar-refractivity contribution in [2.24, 2.45) is 5.92 Å². The number of hydrogen-bond donors (Lipinski definition) is 2. The van der Waals surface area contributed by atoms with Gasteiger partial charge in [-0.1, -0.05) is 13.8 Å². The highest BCUT2D eigenvalue weighted by Gasteiger charge is 2.14. The van der Waals surface area contributed by atoms with E-state index in [2.05, 4.69) is 4.72 Å². The lowest BCUT2D eigenvalue weighted by molar-refractivity contribution is 0.168. The highest BCUT2D eigenvalue weighted by atomic mass is 32.2. The first-order valence-electron chi connectivity index (χ1n) is 5.58. The average Bonchev–Trinajstić information content (AvgIpc) is 2.67. The van der Waals surface area contributed by atoms with Crippen LogP contribution in [-0.2, 0) is 10.0 Å². The molecule has 1 aromatic rings. The first kappa shape index (κ1) is 14.2. The van der Waals surface area contributed by atoms with Crippen LogP contribution in [0.5, 0.6) is 0 Å². The molecule has 0 saturated heterocycles. The molecule has 5 nitrogen and oxygen atoms in total. The number of aliphatic hydroxyl groups is 1. The minimum atomic E-state index is -3.23. The second kappa shape index (κ2) is 6.18. The van der Waals surface area contributed by atoms with Gasteiger partial charge in [0, 0.05) is 12.1 Å². The molecule has 0 radical (unpaired) electrons. The van der Waals surface area contributed by atoms with Gasteiger partial charge in [0.25, 0.3) is 0 Å². The number of rotatable bonds is 7. The molecule has 0 bridgehead atoms. The van der Waals surface area contributed by atoms with E-state index >= 15 is 0 Å². The van der Waals surface area contributed by atoms with E-state index in [9.17, 15) is 13.5 Å². The van der Waals surface area contributed by atoms with Crippen molar-refractivity contribution in [1.82, 2.24) is 4.72 Å². The van der Waals surface area contributed by atoms with Gasteiger partial charge in [-0.2, -0.15) is 0 Å². The van der Waals surface area contributed by atoms with Gasteiger partial charge in [-0.05, 0) is 18.4 Å². The normalized spacial score (nSPS) is 14.1. The molecule has 1 heterocycles. The molecule has 17 heavy (non-hydrogen) atoms. The molecular formula is C11H19NO4S. The van der Waals surface area contributed by atoms with Crippen LogP contribution in [0.2, 0.25) is 0 Å². The highest BCUT2D eigenvalue weighted by Crippen LogP contribution is 2.15. The van der Waals surface area contributed by atoms with Crippen LogP contribution in [0.25, 0.3) is 0 Å². The van der Waals surface area contributed by atoms with Gasteiger partial charge in [0.15, 0.2) is 0 Å². The van der Waals surface area contributed by atoms with Gasteiger partial charge >= 0.3 is 0 Å². The lowest BCUT2D eigenvalue weighted by Crippen LogP contribution is -2.30. The van der Waals surface area contributed by atoms with Gasteiger partial charge in [0.1, 0.15) is 0 Å². The minimum absolute atomic E-state index is 0.0892. The predicted octanol–water partition coefficient (Wildman–Crippen LogP) is 1.28. The molecular weight excluding hydrogens is 242 g/mol. The Hall–Kier alpha value is -0.850. The largest absolute Gasteiger partial charge is 0.472 e. The van der Waals surface area contributed by atoms with Crippen molar-refractivity contribution in [3.05, 3.63) is 24.2 Å². The Morgan fingerprint density at radius 2 is 2.18 bits per heavy atom. The van der Waals surface area contributed by atoms with Gasteiger partial charge in [0.2, 0.25) is 10.0 Å². The summed E-state index contributed by atoms with van der Waals surface area (Å²) in [5, 5.41) is 9.69. The molecule has 1 unspecified atom stereocenters. The fourth-order valence-corrected chi connectivity index (χ4v) is 2.90. The lowest BCUT2D eigenvalue weighted by Gasteiger charge is -2.11. The zero-order valence-corrected chi connectivity index (χ0v) is 10.9. The van der Waals surface area contributed by atoms with Crippen molar-refractivity contribution >= 4 is 10.0 Å². The monoisotopic (exact) mass is 261 g/mol. The maximum Gasteiger partial charge on any atom is 0.211 e. The first-order valence-corrected chi connectivity index (χ1v) is 7.23. The van der Waals surface area contributed by atoms with Crippen molar-refractivity contribution < 1.29 is 17.9 Å². The Kier molecular flexibility index (Phi) is 5.17. The third kappa shape index (κ3) is 5.34. The second-order valence-electron chi connectivity index (χ2n) is 4.43. The zero-order valence-electron chi connectivity index (χ0n) is 10.1. The maximum absolute atomic E-state index is 11.5. The lowest BCUT2D eigenvalue weighted by atomic mass is 10.1. The minimum Gasteiger partial charge on any atom is -0.472 e. The van der Waals surface area contributed by atoms with E-state index < -0.39 is 16.1 Å². The van der Waals surface area contributed by atoms with Gasteiger partial charge in [-0.15, -0.1) is 0 Å². The summed E-state index contributed by atoms with van der Waals surface area (Å²) in [5.74, 6) is 0.195. The van der Waals surface area contributed by atoms with Crippen LogP contribution in [0.1, 0.15) is 31.9 Å². The Bertz CT molecular complexity index is 411. The maximum atomic E-state index is 11.5. The van der Waals surface area contributed by atoms with Gasteiger partial charge in [-0.3, -0.25) is 0 Å². The molecule has 0 aliphatic heterocycles. The second-order valence-corrected chi connectivity index (χ2v) is 6.28. The molecule has 2 N–H and O–H groups in total. The molecule has 0 saturated carbocycles. The van der Waals surface area contributed by atoms with Crippen LogP contribution in [0, 0.1) is 5.92 Å². The van der Waals surface area contributed by atoms with Crippen LogP contribution in [0.4, 0.5) is 0 Å². The number of hydrogen-bond acceptors (Lipinski definition) is 4. The molecule has 0 amide bonds. The number of nitrogens with one attached hydrogen (secondary N) is 1. The standard InChI is InChI=1S/C11H19NO4S/c1-9(2)8-17(14,15)12-5-3-11(13)10-4-6-16-7-10/h4,6-7,9,11-13H,3,5,8H2,1-2H3. The molecule has 98 valence electrons. The predicted molar refractivity (Wildman–Crippen MR) is 64.9 cm³/mol. The van der Waals surface area contributed by atoms with Gasteiger partial charge in [0.05, 0.1) is 24.4 Å². The number of sulfonamides is 1. The molecule has 0 spiro atoms. The van der Waals surface area contributed by atoms with E-state index in [0.717, 1.165) is 0 Å². The van der Waals surface area contributed by atoms with Gasteiger partial charge in [-0.25, -0.2) is 13.1 Å². The van der Waals surface area contributed by atoms with E-state index in [-0.39, 0.29) is 18.2 Å². The van der Waals surface area contributed by atoms with Crippen LogP contribution >= 0.6 is 0 Å². The molecule has 1 aromatic heterocycles.